The van der Waals surface area contributed by atoms with Gasteiger partial charge in [-0.05, 0) is 19.3 Å². The number of hydrogen-bond donors (Lipinski definition) is 2. The van der Waals surface area contributed by atoms with Gasteiger partial charge in [-0.15, -0.1) is 0 Å². The van der Waals surface area contributed by atoms with Crippen molar-refractivity contribution < 1.29 is 19.4 Å². The molecule has 98 valence electrons. The van der Waals surface area contributed by atoms with Crippen LogP contribution in [0.4, 0.5) is 4.79 Å². The first-order valence-corrected chi connectivity index (χ1v) is 5.89. The van der Waals surface area contributed by atoms with E-state index in [0.29, 0.717) is 6.54 Å². The van der Waals surface area contributed by atoms with Crippen molar-refractivity contribution >= 4 is 12.0 Å². The first-order valence-electron chi connectivity index (χ1n) is 5.89. The van der Waals surface area contributed by atoms with Gasteiger partial charge in [-0.2, -0.15) is 0 Å². The van der Waals surface area contributed by atoms with Gasteiger partial charge < -0.3 is 20.1 Å². The molecule has 1 saturated heterocycles. The summed E-state index contributed by atoms with van der Waals surface area (Å²) in [5, 5.41) is 11.4. The number of nitrogens with one attached hydrogen (secondary N) is 1. The molecule has 0 spiro atoms. The molecule has 1 heterocycles. The lowest BCUT2D eigenvalue weighted by Crippen LogP contribution is -2.51. The molecule has 0 aromatic rings. The van der Waals surface area contributed by atoms with E-state index in [-0.39, 0.29) is 18.7 Å². The Bertz CT molecular complexity index is 283. The summed E-state index contributed by atoms with van der Waals surface area (Å²) in [6.45, 7) is 2.70. The van der Waals surface area contributed by atoms with E-state index < -0.39 is 12.0 Å². The molecule has 1 fully saturated rings. The fraction of sp³-hybridized carbons (Fsp3) is 0.818. The van der Waals surface area contributed by atoms with E-state index in [1.165, 1.54) is 7.11 Å². The number of amides is 2. The number of urea groups is 1. The summed E-state index contributed by atoms with van der Waals surface area (Å²) in [4.78, 5) is 24.5. The highest BCUT2D eigenvalue weighted by molar-refractivity contribution is 5.83. The van der Waals surface area contributed by atoms with Crippen molar-refractivity contribution in [2.75, 3.05) is 20.3 Å². The molecule has 2 amide bonds. The van der Waals surface area contributed by atoms with Crippen molar-refractivity contribution in [1.29, 1.82) is 0 Å². The first kappa shape index (κ1) is 13.8. The van der Waals surface area contributed by atoms with Gasteiger partial charge in [-0.1, -0.05) is 6.92 Å². The van der Waals surface area contributed by atoms with Gasteiger partial charge in [0.15, 0.2) is 6.04 Å². The molecule has 2 N–H and O–H groups in total. The van der Waals surface area contributed by atoms with Crippen LogP contribution in [-0.4, -0.2) is 54.4 Å². The van der Waals surface area contributed by atoms with Gasteiger partial charge in [0.25, 0.3) is 0 Å². The van der Waals surface area contributed by atoms with Crippen LogP contribution in [0.2, 0.25) is 0 Å². The predicted octanol–water partition coefficient (Wildman–Crippen LogP) is 0.670. The third-order valence-electron chi connectivity index (χ3n) is 3.04. The fourth-order valence-corrected chi connectivity index (χ4v) is 2.10. The Labute approximate surface area is 101 Å². The van der Waals surface area contributed by atoms with E-state index in [0.717, 1.165) is 19.3 Å². The van der Waals surface area contributed by atoms with Crippen LogP contribution < -0.4 is 5.32 Å². The molecule has 0 radical (unpaired) electrons. The van der Waals surface area contributed by atoms with Crippen LogP contribution in [-0.2, 0) is 9.53 Å². The van der Waals surface area contributed by atoms with E-state index in [9.17, 15) is 9.59 Å². The second-order valence-electron chi connectivity index (χ2n) is 4.19. The maximum absolute atomic E-state index is 11.9. The van der Waals surface area contributed by atoms with Crippen molar-refractivity contribution in [3.63, 3.8) is 0 Å². The number of nitrogens with zero attached hydrogens (tertiary/aromatic N) is 1. The zero-order chi connectivity index (χ0) is 12.8. The minimum atomic E-state index is -1.08. The molecule has 0 bridgehead atoms. The van der Waals surface area contributed by atoms with Crippen LogP contribution in [0, 0.1) is 0 Å². The number of methoxy groups -OCH3 is 1. The predicted molar refractivity (Wildman–Crippen MR) is 61.9 cm³/mol. The Hall–Kier alpha value is -1.30. The number of likely N-dealkylation sites (tertiary alicyclic amines) is 1. The van der Waals surface area contributed by atoms with Crippen LogP contribution in [0.15, 0.2) is 0 Å². The second-order valence-corrected chi connectivity index (χ2v) is 4.19. The average Bonchev–Trinajstić information content (AvgIpc) is 2.76. The highest BCUT2D eigenvalue weighted by Crippen LogP contribution is 2.19. The van der Waals surface area contributed by atoms with Crippen LogP contribution >= 0.6 is 0 Å². The quantitative estimate of drug-likeness (QED) is 0.745. The molecule has 0 aromatic heterocycles. The molecule has 6 heteroatoms. The summed E-state index contributed by atoms with van der Waals surface area (Å²) in [6, 6.07) is -1.06. The second kappa shape index (κ2) is 6.44. The lowest BCUT2D eigenvalue weighted by atomic mass is 10.2. The average molecular weight is 244 g/mol. The molecular weight excluding hydrogens is 224 g/mol. The zero-order valence-corrected chi connectivity index (χ0v) is 10.3. The molecule has 0 aliphatic carbocycles. The van der Waals surface area contributed by atoms with Crippen LogP contribution in [0.5, 0.6) is 0 Å². The standard InChI is InChI=1S/C11H20N2O4/c1-3-8-5-4-6-13(8)11(16)12-9(7-17-2)10(14)15/h8-9H,3-7H2,1-2H3,(H,12,16)(H,14,15). The Balaban J connectivity index is 2.54. The molecule has 2 atom stereocenters. The molecule has 0 aromatic carbocycles. The van der Waals surface area contributed by atoms with E-state index >= 15 is 0 Å². The van der Waals surface area contributed by atoms with Crippen LogP contribution in [0.1, 0.15) is 26.2 Å². The van der Waals surface area contributed by atoms with Gasteiger partial charge in [0.2, 0.25) is 0 Å². The number of carbonyl (C=O) groups excluding carboxylic acids is 1. The summed E-state index contributed by atoms with van der Waals surface area (Å²) in [6.07, 6.45) is 2.87. The molecule has 0 saturated carbocycles. The smallest absolute Gasteiger partial charge is 0.328 e. The maximum Gasteiger partial charge on any atom is 0.328 e. The Morgan fingerprint density at radius 3 is 2.82 bits per heavy atom. The SMILES string of the molecule is CCC1CCCN1C(=O)NC(COC)C(=O)O. The normalized spacial score (nSPS) is 21.3. The lowest BCUT2D eigenvalue weighted by Gasteiger charge is -2.25. The highest BCUT2D eigenvalue weighted by Gasteiger charge is 2.30. The lowest BCUT2D eigenvalue weighted by molar-refractivity contribution is -0.140. The van der Waals surface area contributed by atoms with E-state index in [1.807, 2.05) is 6.92 Å². The molecule has 1 rings (SSSR count). The van der Waals surface area contributed by atoms with Crippen molar-refractivity contribution in [3.05, 3.63) is 0 Å². The van der Waals surface area contributed by atoms with E-state index in [1.54, 1.807) is 4.90 Å². The summed E-state index contributed by atoms with van der Waals surface area (Å²) in [5.74, 6) is -1.08. The van der Waals surface area contributed by atoms with Crippen molar-refractivity contribution in [3.8, 4) is 0 Å². The Morgan fingerprint density at radius 1 is 1.59 bits per heavy atom. The first-order chi connectivity index (χ1) is 8.10. The number of carboxylic acids is 1. The minimum absolute atomic E-state index is 0.0221. The third kappa shape index (κ3) is 3.59. The van der Waals surface area contributed by atoms with Crippen LogP contribution in [0.3, 0.4) is 0 Å². The monoisotopic (exact) mass is 244 g/mol. The number of rotatable bonds is 5. The van der Waals surface area contributed by atoms with Gasteiger partial charge >= 0.3 is 12.0 Å². The molecule has 6 nitrogen and oxygen atoms in total. The molecule has 2 unspecified atom stereocenters. The molecular formula is C11H20N2O4. The van der Waals surface area contributed by atoms with Gasteiger partial charge in [0, 0.05) is 19.7 Å². The highest BCUT2D eigenvalue weighted by atomic mass is 16.5. The number of carbonyl (C=O) groups is 2. The number of aliphatic carboxylic acids is 1. The van der Waals surface area contributed by atoms with Crippen LogP contribution in [0.25, 0.3) is 0 Å². The summed E-state index contributed by atoms with van der Waals surface area (Å²) >= 11 is 0. The van der Waals surface area contributed by atoms with E-state index in [2.05, 4.69) is 5.32 Å². The van der Waals surface area contributed by atoms with Gasteiger partial charge in [-0.3, -0.25) is 0 Å². The fourth-order valence-electron chi connectivity index (χ4n) is 2.10. The van der Waals surface area contributed by atoms with Crippen molar-refractivity contribution in [2.45, 2.75) is 38.3 Å². The van der Waals surface area contributed by atoms with E-state index in [4.69, 9.17) is 9.84 Å². The number of carboxylic acid groups (broad SMARTS) is 1. The van der Waals surface area contributed by atoms with Gasteiger partial charge in [-0.25, -0.2) is 9.59 Å². The summed E-state index contributed by atoms with van der Waals surface area (Å²) in [5.41, 5.74) is 0. The van der Waals surface area contributed by atoms with Crippen molar-refractivity contribution in [2.24, 2.45) is 0 Å². The summed E-state index contributed by atoms with van der Waals surface area (Å²) < 4.78 is 4.77. The summed E-state index contributed by atoms with van der Waals surface area (Å²) in [7, 11) is 1.41. The number of hydrogen-bond acceptors (Lipinski definition) is 3. The van der Waals surface area contributed by atoms with Crippen molar-refractivity contribution in [1.82, 2.24) is 10.2 Å². The van der Waals surface area contributed by atoms with Gasteiger partial charge in [0.05, 0.1) is 6.61 Å². The van der Waals surface area contributed by atoms with Gasteiger partial charge in [0.1, 0.15) is 0 Å². The molecule has 1 aliphatic rings. The zero-order valence-electron chi connectivity index (χ0n) is 10.3. The Kier molecular flexibility index (Phi) is 5.21. The molecule has 1 aliphatic heterocycles. The maximum atomic E-state index is 11.9. The molecule has 17 heavy (non-hydrogen) atoms. The number of ether oxygens (including phenoxy) is 1. The Morgan fingerprint density at radius 2 is 2.29 bits per heavy atom. The topological polar surface area (TPSA) is 78.9 Å². The third-order valence-corrected chi connectivity index (χ3v) is 3.04. The largest absolute Gasteiger partial charge is 0.480 e. The minimum Gasteiger partial charge on any atom is -0.480 e.